The molecular formula is C19H23BrF3N3O5S. The average Bonchev–Trinajstić information content (AvgIpc) is 2.72. The van der Waals surface area contributed by atoms with E-state index in [1.807, 2.05) is 0 Å². The fourth-order valence-electron chi connectivity index (χ4n) is 4.03. The van der Waals surface area contributed by atoms with Crippen LogP contribution < -0.4 is 4.72 Å². The lowest BCUT2D eigenvalue weighted by Gasteiger charge is -2.36. The van der Waals surface area contributed by atoms with Crippen LogP contribution in [0.25, 0.3) is 0 Å². The highest BCUT2D eigenvalue weighted by molar-refractivity contribution is 9.10. The molecule has 2 aliphatic heterocycles. The second-order valence-corrected chi connectivity index (χ2v) is 10.5. The third-order valence-corrected chi connectivity index (χ3v) is 7.85. The summed E-state index contributed by atoms with van der Waals surface area (Å²) in [5, 5.41) is 9.00. The quantitative estimate of drug-likeness (QED) is 0.609. The zero-order valence-electron chi connectivity index (χ0n) is 16.9. The molecule has 0 spiro atoms. The zero-order valence-corrected chi connectivity index (χ0v) is 19.3. The molecule has 1 aromatic carbocycles. The molecule has 32 heavy (non-hydrogen) atoms. The van der Waals surface area contributed by atoms with E-state index in [1.165, 1.54) is 11.0 Å². The number of amides is 2. The third kappa shape index (κ3) is 5.73. The number of likely N-dealkylation sites (tertiary alicyclic amines) is 2. The molecule has 3 rings (SSSR count). The first-order valence-electron chi connectivity index (χ1n) is 10.0. The normalized spacial score (nSPS) is 19.2. The maximum absolute atomic E-state index is 13.3. The van der Waals surface area contributed by atoms with Crippen LogP contribution in [0, 0.1) is 5.92 Å². The molecule has 0 atom stereocenters. The molecule has 2 saturated heterocycles. The van der Waals surface area contributed by atoms with Crippen molar-refractivity contribution < 1.29 is 36.3 Å². The number of piperidine rings is 2. The van der Waals surface area contributed by atoms with E-state index < -0.39 is 38.8 Å². The average molecular weight is 542 g/mol. The molecule has 2 N–H and O–H groups in total. The first-order chi connectivity index (χ1) is 14.9. The van der Waals surface area contributed by atoms with Gasteiger partial charge in [-0.25, -0.2) is 17.9 Å². The van der Waals surface area contributed by atoms with E-state index in [0.717, 1.165) is 12.1 Å². The summed E-state index contributed by atoms with van der Waals surface area (Å²) < 4.78 is 67.8. The highest BCUT2D eigenvalue weighted by Crippen LogP contribution is 2.36. The van der Waals surface area contributed by atoms with Crippen LogP contribution in [0.4, 0.5) is 18.0 Å². The third-order valence-electron chi connectivity index (χ3n) is 5.78. The minimum absolute atomic E-state index is 0.0939. The van der Waals surface area contributed by atoms with Gasteiger partial charge in [-0.05, 0) is 43.9 Å². The topological polar surface area (TPSA) is 107 Å². The van der Waals surface area contributed by atoms with Gasteiger partial charge < -0.3 is 14.9 Å². The van der Waals surface area contributed by atoms with Gasteiger partial charge in [0.1, 0.15) is 0 Å². The molecule has 2 amide bonds. The lowest BCUT2D eigenvalue weighted by molar-refractivity contribution is -0.140. The number of halogens is 4. The van der Waals surface area contributed by atoms with Gasteiger partial charge >= 0.3 is 12.3 Å². The number of carbonyl (C=O) groups excluding carboxylic acids is 1. The maximum atomic E-state index is 13.3. The van der Waals surface area contributed by atoms with Crippen LogP contribution in [0.5, 0.6) is 0 Å². The van der Waals surface area contributed by atoms with Crippen LogP contribution in [0.15, 0.2) is 27.6 Å². The molecule has 0 saturated carbocycles. The second kappa shape index (κ2) is 9.56. The van der Waals surface area contributed by atoms with E-state index in [9.17, 15) is 31.2 Å². The molecule has 2 heterocycles. The minimum Gasteiger partial charge on any atom is -0.465 e. The van der Waals surface area contributed by atoms with Crippen LogP contribution in [0.3, 0.4) is 0 Å². The number of hydrogen-bond acceptors (Lipinski definition) is 4. The van der Waals surface area contributed by atoms with Gasteiger partial charge in [0.2, 0.25) is 15.9 Å². The summed E-state index contributed by atoms with van der Waals surface area (Å²) in [5.74, 6) is -0.375. The Balaban J connectivity index is 1.59. The Hall–Kier alpha value is -1.86. The number of nitrogens with one attached hydrogen (secondary N) is 1. The Morgan fingerprint density at radius 3 is 2.12 bits per heavy atom. The molecule has 178 valence electrons. The number of benzene rings is 1. The van der Waals surface area contributed by atoms with E-state index in [1.54, 1.807) is 4.90 Å². The predicted octanol–water partition coefficient (Wildman–Crippen LogP) is 3.13. The summed E-state index contributed by atoms with van der Waals surface area (Å²) in [6, 6.07) is 2.28. The maximum Gasteiger partial charge on any atom is 0.417 e. The van der Waals surface area contributed by atoms with E-state index in [2.05, 4.69) is 20.7 Å². The van der Waals surface area contributed by atoms with Crippen LogP contribution in [0.1, 0.15) is 31.2 Å². The monoisotopic (exact) mass is 541 g/mol. The summed E-state index contributed by atoms with van der Waals surface area (Å²) in [7, 11) is -4.42. The molecule has 0 unspecified atom stereocenters. The molecular weight excluding hydrogens is 519 g/mol. The number of carboxylic acid groups (broad SMARTS) is 1. The van der Waals surface area contributed by atoms with Crippen LogP contribution in [-0.4, -0.2) is 67.5 Å². The van der Waals surface area contributed by atoms with Gasteiger partial charge in [-0.15, -0.1) is 0 Å². The summed E-state index contributed by atoms with van der Waals surface area (Å²) >= 11 is 2.93. The summed E-state index contributed by atoms with van der Waals surface area (Å²) in [5.41, 5.74) is -1.25. The van der Waals surface area contributed by atoms with Crippen molar-refractivity contribution in [2.45, 2.75) is 42.8 Å². The predicted molar refractivity (Wildman–Crippen MR) is 111 cm³/mol. The van der Waals surface area contributed by atoms with Gasteiger partial charge in [-0.1, -0.05) is 15.9 Å². The molecule has 2 fully saturated rings. The number of carbonyl (C=O) groups is 2. The number of hydrogen-bond donors (Lipinski definition) is 2. The van der Waals surface area contributed by atoms with Crippen LogP contribution >= 0.6 is 15.9 Å². The van der Waals surface area contributed by atoms with Crippen molar-refractivity contribution in [1.82, 2.24) is 14.5 Å². The Kier molecular flexibility index (Phi) is 7.40. The molecule has 0 bridgehead atoms. The molecule has 0 aliphatic carbocycles. The molecule has 1 aromatic rings. The first kappa shape index (κ1) is 24.8. The standard InChI is InChI=1S/C19H23BrF3N3O5S/c20-13-1-2-16(15(11-13)19(21,22)23)32(30,31)24-14-5-9-25(10-6-14)17(27)12-3-7-26(8-4-12)18(28)29/h1-2,11-12,14,24H,3-10H2,(H,28,29). The van der Waals surface area contributed by atoms with Gasteiger partial charge in [0.25, 0.3) is 0 Å². The van der Waals surface area contributed by atoms with Crippen LogP contribution in [-0.2, 0) is 21.0 Å². The van der Waals surface area contributed by atoms with Crippen molar-refractivity contribution >= 4 is 38.0 Å². The van der Waals surface area contributed by atoms with Crippen molar-refractivity contribution in [2.24, 2.45) is 5.92 Å². The molecule has 0 aromatic heterocycles. The summed E-state index contributed by atoms with van der Waals surface area (Å²) in [6.45, 7) is 1.13. The summed E-state index contributed by atoms with van der Waals surface area (Å²) in [6.07, 6.45) is -4.43. The van der Waals surface area contributed by atoms with Gasteiger partial charge in [-0.2, -0.15) is 13.2 Å². The zero-order chi connectivity index (χ0) is 23.7. The lowest BCUT2D eigenvalue weighted by atomic mass is 9.94. The van der Waals surface area contributed by atoms with Gasteiger partial charge in [0.05, 0.1) is 10.5 Å². The van der Waals surface area contributed by atoms with Crippen molar-refractivity contribution in [3.63, 3.8) is 0 Å². The van der Waals surface area contributed by atoms with Gasteiger partial charge in [0, 0.05) is 42.6 Å². The fourth-order valence-corrected chi connectivity index (χ4v) is 5.91. The molecule has 2 aliphatic rings. The number of nitrogens with zero attached hydrogens (tertiary/aromatic N) is 2. The lowest BCUT2D eigenvalue weighted by Crippen LogP contribution is -2.49. The molecule has 8 nitrogen and oxygen atoms in total. The Bertz CT molecular complexity index is 973. The second-order valence-electron chi connectivity index (χ2n) is 7.90. The van der Waals surface area contributed by atoms with Crippen molar-refractivity contribution in [3.05, 3.63) is 28.2 Å². The largest absolute Gasteiger partial charge is 0.465 e. The smallest absolute Gasteiger partial charge is 0.417 e. The SMILES string of the molecule is O=C(O)N1CCC(C(=O)N2CCC(NS(=O)(=O)c3ccc(Br)cc3C(F)(F)F)CC2)CC1. The Morgan fingerprint density at radius 1 is 1.03 bits per heavy atom. The van der Waals surface area contributed by atoms with E-state index in [-0.39, 0.29) is 55.3 Å². The number of sulfonamides is 1. The van der Waals surface area contributed by atoms with Crippen molar-refractivity contribution in [1.29, 1.82) is 0 Å². The number of alkyl halides is 3. The fraction of sp³-hybridized carbons (Fsp3) is 0.579. The summed E-state index contributed by atoms with van der Waals surface area (Å²) in [4.78, 5) is 25.8. The van der Waals surface area contributed by atoms with Gasteiger partial charge in [-0.3, -0.25) is 4.79 Å². The minimum atomic E-state index is -4.83. The molecule has 13 heteroatoms. The highest BCUT2D eigenvalue weighted by Gasteiger charge is 2.39. The van der Waals surface area contributed by atoms with Crippen molar-refractivity contribution in [2.75, 3.05) is 26.2 Å². The number of rotatable bonds is 4. The van der Waals surface area contributed by atoms with E-state index >= 15 is 0 Å². The molecule has 0 radical (unpaired) electrons. The Morgan fingerprint density at radius 2 is 1.59 bits per heavy atom. The van der Waals surface area contributed by atoms with E-state index in [0.29, 0.717) is 12.8 Å². The van der Waals surface area contributed by atoms with E-state index in [4.69, 9.17) is 5.11 Å². The highest BCUT2D eigenvalue weighted by atomic mass is 79.9. The first-order valence-corrected chi connectivity index (χ1v) is 12.3. The van der Waals surface area contributed by atoms with Crippen molar-refractivity contribution in [3.8, 4) is 0 Å². The Labute approximate surface area is 191 Å². The van der Waals surface area contributed by atoms with Gasteiger partial charge in [0.15, 0.2) is 0 Å². The van der Waals surface area contributed by atoms with Crippen LogP contribution in [0.2, 0.25) is 0 Å².